The number of anilines is 1. The fourth-order valence-corrected chi connectivity index (χ4v) is 2.22. The number of benzene rings is 1. The van der Waals surface area contributed by atoms with Crippen molar-refractivity contribution in [3.05, 3.63) is 34.9 Å². The van der Waals surface area contributed by atoms with Crippen LogP contribution in [0.2, 0.25) is 0 Å². The van der Waals surface area contributed by atoms with Crippen LogP contribution in [-0.2, 0) is 4.79 Å². The normalized spacial score (nSPS) is 16.8. The number of nitrogens with one attached hydrogen (secondary N) is 1. The van der Waals surface area contributed by atoms with Crippen LogP contribution in [0.3, 0.4) is 0 Å². The van der Waals surface area contributed by atoms with Gasteiger partial charge in [0.15, 0.2) is 0 Å². The molecule has 0 saturated carbocycles. The van der Waals surface area contributed by atoms with E-state index < -0.39 is 0 Å². The van der Waals surface area contributed by atoms with Crippen LogP contribution < -0.4 is 10.2 Å². The molecule has 0 amide bonds. The molecule has 1 aliphatic rings. The summed E-state index contributed by atoms with van der Waals surface area (Å²) in [6, 6.07) is 6.44. The standard InChI is InChI=1S/C15H20N2O/c1-12(11-18)9-14-3-4-15(10-13(14)2)17-7-5-16-6-8-17/h3-4,9-11,16H,5-8H2,1-2H3/b12-9+. The zero-order chi connectivity index (χ0) is 13.0. The molecule has 0 atom stereocenters. The molecular weight excluding hydrogens is 224 g/mol. The van der Waals surface area contributed by atoms with E-state index in [-0.39, 0.29) is 0 Å². The molecule has 1 heterocycles. The molecule has 1 aliphatic heterocycles. The average Bonchev–Trinajstić information content (AvgIpc) is 2.42. The van der Waals surface area contributed by atoms with Crippen LogP contribution in [0.5, 0.6) is 0 Å². The second kappa shape index (κ2) is 5.83. The molecule has 0 spiro atoms. The number of hydrogen-bond acceptors (Lipinski definition) is 3. The van der Waals surface area contributed by atoms with Crippen molar-refractivity contribution in [3.8, 4) is 0 Å². The van der Waals surface area contributed by atoms with Gasteiger partial charge < -0.3 is 10.2 Å². The van der Waals surface area contributed by atoms with E-state index in [9.17, 15) is 4.79 Å². The average molecular weight is 244 g/mol. The molecule has 3 nitrogen and oxygen atoms in total. The molecule has 3 heteroatoms. The Hall–Kier alpha value is -1.61. The fraction of sp³-hybridized carbons (Fsp3) is 0.400. The predicted octanol–water partition coefficient (Wildman–Crippen LogP) is 2.01. The molecule has 1 aromatic rings. The lowest BCUT2D eigenvalue weighted by atomic mass is 10.0. The minimum atomic E-state index is 0.757. The molecule has 1 N–H and O–H groups in total. The molecule has 0 aliphatic carbocycles. The summed E-state index contributed by atoms with van der Waals surface area (Å²) >= 11 is 0. The summed E-state index contributed by atoms with van der Waals surface area (Å²) < 4.78 is 0. The minimum absolute atomic E-state index is 0.757. The van der Waals surface area contributed by atoms with Crippen LogP contribution in [0, 0.1) is 6.92 Å². The maximum atomic E-state index is 10.7. The summed E-state index contributed by atoms with van der Waals surface area (Å²) in [5, 5.41) is 3.35. The van der Waals surface area contributed by atoms with Gasteiger partial charge in [0, 0.05) is 31.9 Å². The summed E-state index contributed by atoms with van der Waals surface area (Å²) in [5.41, 5.74) is 4.37. The second-order valence-corrected chi connectivity index (χ2v) is 4.78. The highest BCUT2D eigenvalue weighted by atomic mass is 16.1. The van der Waals surface area contributed by atoms with Gasteiger partial charge in [-0.2, -0.15) is 0 Å². The highest BCUT2D eigenvalue weighted by Gasteiger charge is 2.10. The van der Waals surface area contributed by atoms with Crippen molar-refractivity contribution < 1.29 is 4.79 Å². The Balaban J connectivity index is 2.21. The van der Waals surface area contributed by atoms with Crippen LogP contribution in [0.4, 0.5) is 5.69 Å². The van der Waals surface area contributed by atoms with Gasteiger partial charge in [-0.05, 0) is 48.8 Å². The van der Waals surface area contributed by atoms with Gasteiger partial charge in [-0.1, -0.05) is 6.07 Å². The number of carbonyl (C=O) groups excluding carboxylic acids is 1. The maximum absolute atomic E-state index is 10.7. The van der Waals surface area contributed by atoms with E-state index in [0.29, 0.717) is 0 Å². The topological polar surface area (TPSA) is 32.3 Å². The number of carbonyl (C=O) groups is 1. The Bertz CT molecular complexity index is 460. The van der Waals surface area contributed by atoms with Crippen molar-refractivity contribution in [3.63, 3.8) is 0 Å². The lowest BCUT2D eigenvalue weighted by Gasteiger charge is -2.29. The van der Waals surface area contributed by atoms with E-state index in [1.165, 1.54) is 11.3 Å². The molecule has 1 aromatic carbocycles. The van der Waals surface area contributed by atoms with Crippen molar-refractivity contribution in [2.75, 3.05) is 31.1 Å². The largest absolute Gasteiger partial charge is 0.369 e. The van der Waals surface area contributed by atoms with Gasteiger partial charge in [0.2, 0.25) is 0 Å². The first kappa shape index (κ1) is 12.8. The highest BCUT2D eigenvalue weighted by Crippen LogP contribution is 2.21. The first-order valence-corrected chi connectivity index (χ1v) is 6.40. The number of hydrogen-bond donors (Lipinski definition) is 1. The molecule has 0 unspecified atom stereocenters. The van der Waals surface area contributed by atoms with Crippen LogP contribution >= 0.6 is 0 Å². The molecule has 1 fully saturated rings. The van der Waals surface area contributed by atoms with Gasteiger partial charge in [0.25, 0.3) is 0 Å². The summed E-state index contributed by atoms with van der Waals surface area (Å²) in [5.74, 6) is 0. The Kier molecular flexibility index (Phi) is 4.15. The monoisotopic (exact) mass is 244 g/mol. The van der Waals surface area contributed by atoms with E-state index in [1.807, 2.05) is 13.0 Å². The summed E-state index contributed by atoms with van der Waals surface area (Å²) in [6.07, 6.45) is 2.83. The zero-order valence-electron chi connectivity index (χ0n) is 11.1. The molecule has 0 aromatic heterocycles. The van der Waals surface area contributed by atoms with Gasteiger partial charge in [0.05, 0.1) is 0 Å². The predicted molar refractivity (Wildman–Crippen MR) is 76.0 cm³/mol. The summed E-state index contributed by atoms with van der Waals surface area (Å²) in [6.45, 7) is 8.13. The SMILES string of the molecule is C/C(C=O)=C\c1ccc(N2CCNCC2)cc1C. The van der Waals surface area contributed by atoms with Gasteiger partial charge >= 0.3 is 0 Å². The highest BCUT2D eigenvalue weighted by molar-refractivity contribution is 5.81. The molecule has 18 heavy (non-hydrogen) atoms. The van der Waals surface area contributed by atoms with Crippen molar-refractivity contribution in [1.29, 1.82) is 0 Å². The smallest absolute Gasteiger partial charge is 0.145 e. The number of rotatable bonds is 3. The Morgan fingerprint density at radius 2 is 2.06 bits per heavy atom. The van der Waals surface area contributed by atoms with E-state index >= 15 is 0 Å². The van der Waals surface area contributed by atoms with E-state index in [4.69, 9.17) is 0 Å². The van der Waals surface area contributed by atoms with Crippen molar-refractivity contribution in [2.24, 2.45) is 0 Å². The number of aldehydes is 1. The molecule has 0 radical (unpaired) electrons. The minimum Gasteiger partial charge on any atom is -0.369 e. The number of nitrogens with zero attached hydrogens (tertiary/aromatic N) is 1. The number of piperazine rings is 1. The molecule has 0 bridgehead atoms. The third-order valence-electron chi connectivity index (χ3n) is 3.30. The summed E-state index contributed by atoms with van der Waals surface area (Å²) in [4.78, 5) is 13.0. The van der Waals surface area contributed by atoms with Crippen molar-refractivity contribution in [2.45, 2.75) is 13.8 Å². The molecule has 2 rings (SSSR count). The third kappa shape index (κ3) is 2.99. The Morgan fingerprint density at radius 3 is 2.67 bits per heavy atom. The zero-order valence-corrected chi connectivity index (χ0v) is 11.1. The Morgan fingerprint density at radius 1 is 1.33 bits per heavy atom. The first-order chi connectivity index (χ1) is 8.70. The second-order valence-electron chi connectivity index (χ2n) is 4.78. The first-order valence-electron chi connectivity index (χ1n) is 6.40. The van der Waals surface area contributed by atoms with E-state index in [1.54, 1.807) is 0 Å². The van der Waals surface area contributed by atoms with Crippen LogP contribution in [0.1, 0.15) is 18.1 Å². The van der Waals surface area contributed by atoms with E-state index in [0.717, 1.165) is 43.6 Å². The van der Waals surface area contributed by atoms with Gasteiger partial charge in [-0.25, -0.2) is 0 Å². The Labute approximate surface area is 108 Å². The van der Waals surface area contributed by atoms with Crippen molar-refractivity contribution >= 4 is 18.0 Å². The summed E-state index contributed by atoms with van der Waals surface area (Å²) in [7, 11) is 0. The van der Waals surface area contributed by atoms with Gasteiger partial charge in [-0.3, -0.25) is 4.79 Å². The quantitative estimate of drug-likeness (QED) is 0.652. The lowest BCUT2D eigenvalue weighted by Crippen LogP contribution is -2.43. The van der Waals surface area contributed by atoms with E-state index in [2.05, 4.69) is 35.3 Å². The number of aryl methyl sites for hydroxylation is 1. The maximum Gasteiger partial charge on any atom is 0.145 e. The third-order valence-corrected chi connectivity index (χ3v) is 3.30. The van der Waals surface area contributed by atoms with Crippen LogP contribution in [-0.4, -0.2) is 32.5 Å². The number of allylic oxidation sites excluding steroid dienone is 1. The lowest BCUT2D eigenvalue weighted by molar-refractivity contribution is -0.104. The fourth-order valence-electron chi connectivity index (χ4n) is 2.22. The van der Waals surface area contributed by atoms with Gasteiger partial charge in [-0.15, -0.1) is 0 Å². The molecular formula is C15H20N2O. The van der Waals surface area contributed by atoms with Crippen molar-refractivity contribution in [1.82, 2.24) is 5.32 Å². The molecule has 96 valence electrons. The molecule has 1 saturated heterocycles. The van der Waals surface area contributed by atoms with Gasteiger partial charge in [0.1, 0.15) is 6.29 Å². The van der Waals surface area contributed by atoms with Crippen LogP contribution in [0.15, 0.2) is 23.8 Å². The van der Waals surface area contributed by atoms with Crippen LogP contribution in [0.25, 0.3) is 6.08 Å².